The minimum atomic E-state index is -4.48. The molecule has 1 aliphatic carbocycles. The first kappa shape index (κ1) is 20.4. The summed E-state index contributed by atoms with van der Waals surface area (Å²) in [6.45, 7) is 1.64. The molecule has 1 fully saturated rings. The van der Waals surface area contributed by atoms with E-state index in [1.807, 2.05) is 0 Å². The van der Waals surface area contributed by atoms with Gasteiger partial charge in [0.2, 0.25) is 5.09 Å². The number of hydrogen-bond donors (Lipinski definition) is 1. The summed E-state index contributed by atoms with van der Waals surface area (Å²) in [5, 5.41) is -0.402. The molecule has 10 heteroatoms. The van der Waals surface area contributed by atoms with Gasteiger partial charge in [-0.3, -0.25) is 4.79 Å². The van der Waals surface area contributed by atoms with Crippen molar-refractivity contribution in [3.63, 3.8) is 0 Å². The third-order valence-electron chi connectivity index (χ3n) is 4.61. The minimum Gasteiger partial charge on any atom is -0.438 e. The Morgan fingerprint density at radius 3 is 2.50 bits per heavy atom. The topological polar surface area (TPSA) is 79.6 Å². The Morgan fingerprint density at radius 2 is 1.93 bits per heavy atom. The van der Waals surface area contributed by atoms with Gasteiger partial charge in [0.05, 0.1) is 11.6 Å². The van der Waals surface area contributed by atoms with Gasteiger partial charge in [0.15, 0.2) is 5.76 Å². The number of alkyl halides is 3. The summed E-state index contributed by atoms with van der Waals surface area (Å²) in [6.07, 6.45) is -3.05. The second-order valence-electron chi connectivity index (χ2n) is 6.57. The number of carbonyl (C=O) groups is 1. The normalized spacial score (nSPS) is 16.0. The van der Waals surface area contributed by atoms with E-state index in [4.69, 9.17) is 4.42 Å². The first-order valence-corrected chi connectivity index (χ1v) is 10.1. The molecule has 6 nitrogen and oxygen atoms in total. The standard InChI is InChI=1S/C18H19F3N2O4S/c1-11(12-4-3-5-13(10-12)18(19,20)21)23(14-6-7-14)17(24)15-8-9-16(27-15)28(25,26)22-2/h3-5,8-11,14,22H,6-7H2,1-2H3/t11-/m1/s1. The Morgan fingerprint density at radius 1 is 1.25 bits per heavy atom. The van der Waals surface area contributed by atoms with E-state index in [0.717, 1.165) is 25.0 Å². The number of benzene rings is 1. The molecular weight excluding hydrogens is 397 g/mol. The Kier molecular flexibility index (Phi) is 5.28. The lowest BCUT2D eigenvalue weighted by Gasteiger charge is -2.29. The number of carbonyl (C=O) groups excluding carboxylic acids is 1. The molecule has 0 aliphatic heterocycles. The van der Waals surface area contributed by atoms with Crippen LogP contribution < -0.4 is 4.72 Å². The summed E-state index contributed by atoms with van der Waals surface area (Å²) < 4.78 is 69.9. The van der Waals surface area contributed by atoms with Crippen molar-refractivity contribution >= 4 is 15.9 Å². The second kappa shape index (κ2) is 7.25. The summed E-state index contributed by atoms with van der Waals surface area (Å²) in [6, 6.07) is 6.46. The van der Waals surface area contributed by atoms with E-state index in [-0.39, 0.29) is 11.8 Å². The molecule has 1 aromatic heterocycles. The highest BCUT2D eigenvalue weighted by Gasteiger charge is 2.39. The number of furan rings is 1. The maximum absolute atomic E-state index is 13.0. The van der Waals surface area contributed by atoms with Crippen LogP contribution in [0.15, 0.2) is 45.9 Å². The predicted molar refractivity (Wildman–Crippen MR) is 94.0 cm³/mol. The zero-order valence-corrected chi connectivity index (χ0v) is 16.0. The SMILES string of the molecule is CNS(=O)(=O)c1ccc(C(=O)N(C2CC2)[C@H](C)c2cccc(C(F)(F)F)c2)o1. The molecule has 2 aromatic rings. The van der Waals surface area contributed by atoms with Crippen LogP contribution >= 0.6 is 0 Å². The molecule has 0 radical (unpaired) electrons. The summed E-state index contributed by atoms with van der Waals surface area (Å²) in [7, 11) is -2.63. The average molecular weight is 416 g/mol. The Labute approximate surface area is 160 Å². The van der Waals surface area contributed by atoms with E-state index in [2.05, 4.69) is 4.72 Å². The molecule has 152 valence electrons. The van der Waals surface area contributed by atoms with Gasteiger partial charge in [0.1, 0.15) is 0 Å². The Balaban J connectivity index is 1.91. The monoisotopic (exact) mass is 416 g/mol. The molecule has 1 atom stereocenters. The van der Waals surface area contributed by atoms with Gasteiger partial charge >= 0.3 is 6.18 Å². The fourth-order valence-corrected chi connectivity index (χ4v) is 3.60. The van der Waals surface area contributed by atoms with Crippen molar-refractivity contribution in [1.82, 2.24) is 9.62 Å². The number of sulfonamides is 1. The Hall–Kier alpha value is -2.33. The van der Waals surface area contributed by atoms with Crippen LogP contribution in [-0.4, -0.2) is 32.3 Å². The molecule has 0 spiro atoms. The molecule has 1 aliphatic rings. The van der Waals surface area contributed by atoms with Crippen LogP contribution in [0.4, 0.5) is 13.2 Å². The Bertz CT molecular complexity index is 981. The van der Waals surface area contributed by atoms with E-state index >= 15 is 0 Å². The fraction of sp³-hybridized carbons (Fsp3) is 0.389. The summed E-state index contributed by atoms with van der Waals surface area (Å²) in [5.41, 5.74) is -0.454. The zero-order valence-electron chi connectivity index (χ0n) is 15.2. The van der Waals surface area contributed by atoms with Gasteiger partial charge in [-0.1, -0.05) is 12.1 Å². The number of nitrogens with one attached hydrogen (secondary N) is 1. The zero-order chi connectivity index (χ0) is 20.7. The van der Waals surface area contributed by atoms with Crippen molar-refractivity contribution < 1.29 is 30.8 Å². The van der Waals surface area contributed by atoms with E-state index in [1.165, 1.54) is 36.2 Å². The van der Waals surface area contributed by atoms with E-state index in [0.29, 0.717) is 5.56 Å². The molecule has 1 saturated carbocycles. The van der Waals surface area contributed by atoms with Crippen LogP contribution in [0.2, 0.25) is 0 Å². The van der Waals surface area contributed by atoms with Gasteiger partial charge in [0.25, 0.3) is 15.9 Å². The van der Waals surface area contributed by atoms with Crippen LogP contribution in [-0.2, 0) is 16.2 Å². The summed E-state index contributed by atoms with van der Waals surface area (Å²) in [4.78, 5) is 14.4. The van der Waals surface area contributed by atoms with Crippen molar-refractivity contribution in [2.75, 3.05) is 7.05 Å². The van der Waals surface area contributed by atoms with E-state index in [9.17, 15) is 26.4 Å². The summed E-state index contributed by atoms with van der Waals surface area (Å²) in [5.74, 6) is -0.746. The second-order valence-corrected chi connectivity index (χ2v) is 8.39. The molecule has 28 heavy (non-hydrogen) atoms. The van der Waals surface area contributed by atoms with Crippen LogP contribution in [0, 0.1) is 0 Å². The molecule has 0 saturated heterocycles. The van der Waals surface area contributed by atoms with Gasteiger partial charge in [-0.15, -0.1) is 0 Å². The minimum absolute atomic E-state index is 0.133. The largest absolute Gasteiger partial charge is 0.438 e. The quantitative estimate of drug-likeness (QED) is 0.781. The van der Waals surface area contributed by atoms with Crippen LogP contribution in [0.3, 0.4) is 0 Å². The molecule has 1 heterocycles. The van der Waals surface area contributed by atoms with Crippen molar-refractivity contribution in [1.29, 1.82) is 0 Å². The van der Waals surface area contributed by atoms with Crippen molar-refractivity contribution in [2.24, 2.45) is 0 Å². The highest BCUT2D eigenvalue weighted by atomic mass is 32.2. The molecular formula is C18H19F3N2O4S. The molecule has 1 aromatic carbocycles. The molecule has 3 rings (SSSR count). The van der Waals surface area contributed by atoms with E-state index in [1.54, 1.807) is 6.92 Å². The number of rotatable bonds is 6. The third kappa shape index (κ3) is 4.07. The van der Waals surface area contributed by atoms with Crippen LogP contribution in [0.5, 0.6) is 0 Å². The van der Waals surface area contributed by atoms with Gasteiger partial charge in [-0.2, -0.15) is 13.2 Å². The first-order chi connectivity index (χ1) is 13.0. The lowest BCUT2D eigenvalue weighted by atomic mass is 10.0. The van der Waals surface area contributed by atoms with Crippen molar-refractivity contribution in [2.45, 2.75) is 43.1 Å². The summed E-state index contributed by atoms with van der Waals surface area (Å²) >= 11 is 0. The third-order valence-corrected chi connectivity index (χ3v) is 5.90. The first-order valence-electron chi connectivity index (χ1n) is 8.58. The highest BCUT2D eigenvalue weighted by Crippen LogP contribution is 2.37. The van der Waals surface area contributed by atoms with E-state index < -0.39 is 38.8 Å². The lowest BCUT2D eigenvalue weighted by molar-refractivity contribution is -0.137. The van der Waals surface area contributed by atoms with Crippen LogP contribution in [0.1, 0.15) is 47.5 Å². The molecule has 1 N–H and O–H groups in total. The van der Waals surface area contributed by atoms with Gasteiger partial charge in [-0.25, -0.2) is 13.1 Å². The number of nitrogens with zero attached hydrogens (tertiary/aromatic N) is 1. The molecule has 1 amide bonds. The maximum Gasteiger partial charge on any atom is 0.416 e. The molecule has 0 bridgehead atoms. The van der Waals surface area contributed by atoms with Crippen molar-refractivity contribution in [3.8, 4) is 0 Å². The fourth-order valence-electron chi connectivity index (χ4n) is 2.95. The molecule has 0 unspecified atom stereocenters. The van der Waals surface area contributed by atoms with Gasteiger partial charge in [-0.05, 0) is 56.6 Å². The maximum atomic E-state index is 13.0. The average Bonchev–Trinajstić information content (AvgIpc) is 3.34. The van der Waals surface area contributed by atoms with Gasteiger partial charge < -0.3 is 9.32 Å². The lowest BCUT2D eigenvalue weighted by Crippen LogP contribution is -2.35. The smallest absolute Gasteiger partial charge is 0.416 e. The number of hydrogen-bond acceptors (Lipinski definition) is 4. The van der Waals surface area contributed by atoms with Crippen LogP contribution in [0.25, 0.3) is 0 Å². The predicted octanol–water partition coefficient (Wildman–Crippen LogP) is 3.57. The highest BCUT2D eigenvalue weighted by molar-refractivity contribution is 7.89. The number of halogens is 3. The van der Waals surface area contributed by atoms with Crippen molar-refractivity contribution in [3.05, 3.63) is 53.3 Å². The van der Waals surface area contributed by atoms with Gasteiger partial charge in [0, 0.05) is 6.04 Å². The number of amides is 1.